The number of nitrogens with one attached hydrogen (secondary N) is 1. The maximum absolute atomic E-state index is 13.5. The number of hydrogen-bond acceptors (Lipinski definition) is 3. The summed E-state index contributed by atoms with van der Waals surface area (Å²) in [5.41, 5.74) is 4.13. The summed E-state index contributed by atoms with van der Waals surface area (Å²) in [5.74, 6) is -0.376. The van der Waals surface area contributed by atoms with E-state index in [0.717, 1.165) is 28.3 Å². The number of piperazine rings is 1. The van der Waals surface area contributed by atoms with E-state index in [4.69, 9.17) is 0 Å². The molecular weight excluding hydrogens is 400 g/mol. The molecule has 1 aliphatic rings. The van der Waals surface area contributed by atoms with E-state index in [1.807, 2.05) is 30.3 Å². The number of nitrogens with zero attached hydrogens (tertiary/aromatic N) is 1. The summed E-state index contributed by atoms with van der Waals surface area (Å²) >= 11 is 0. The lowest BCUT2D eigenvalue weighted by Crippen LogP contribution is -2.57. The van der Waals surface area contributed by atoms with Crippen LogP contribution in [0.2, 0.25) is 0 Å². The van der Waals surface area contributed by atoms with Gasteiger partial charge in [-0.1, -0.05) is 67.9 Å². The number of benzene rings is 3. The van der Waals surface area contributed by atoms with Gasteiger partial charge in [-0.15, -0.1) is 0 Å². The third-order valence-corrected chi connectivity index (χ3v) is 6.23. The van der Waals surface area contributed by atoms with E-state index in [-0.39, 0.29) is 24.8 Å². The summed E-state index contributed by atoms with van der Waals surface area (Å²) < 4.78 is 0. The predicted molar refractivity (Wildman–Crippen MR) is 128 cm³/mol. The van der Waals surface area contributed by atoms with E-state index in [1.54, 1.807) is 4.90 Å². The Labute approximate surface area is 189 Å². The molecule has 1 fully saturated rings. The van der Waals surface area contributed by atoms with Crippen molar-refractivity contribution in [1.82, 2.24) is 10.2 Å². The number of unbranched alkanes of at least 4 members (excludes halogenated alkanes) is 1. The second-order valence-corrected chi connectivity index (χ2v) is 8.32. The number of carbonyl (C=O) groups excluding carboxylic acids is 2. The Morgan fingerprint density at radius 3 is 2.56 bits per heavy atom. The van der Waals surface area contributed by atoms with Gasteiger partial charge in [-0.3, -0.25) is 9.59 Å². The molecule has 1 saturated heterocycles. The molecule has 4 rings (SSSR count). The highest BCUT2D eigenvalue weighted by molar-refractivity contribution is 6.11. The molecule has 0 aromatic heterocycles. The molecule has 0 spiro atoms. The number of carbonyl (C=O) groups is 2. The minimum Gasteiger partial charge on any atom is -0.396 e. The van der Waals surface area contributed by atoms with E-state index in [2.05, 4.69) is 42.6 Å². The highest BCUT2D eigenvalue weighted by atomic mass is 16.3. The molecular formula is C27H30N2O3. The molecule has 3 aromatic carbocycles. The monoisotopic (exact) mass is 430 g/mol. The lowest BCUT2D eigenvalue weighted by Gasteiger charge is -2.35. The largest absolute Gasteiger partial charge is 0.396 e. The molecule has 2 amide bonds. The number of amides is 2. The fraction of sp³-hybridized carbons (Fsp3) is 0.333. The first-order valence-corrected chi connectivity index (χ1v) is 11.4. The van der Waals surface area contributed by atoms with E-state index in [9.17, 15) is 14.7 Å². The predicted octanol–water partition coefficient (Wildman–Crippen LogP) is 4.17. The molecule has 0 bridgehead atoms. The number of fused-ring (bicyclic) bond motifs is 1. The SMILES string of the molecule is CCCCc1ccc(-c2cccc3c(C(=O)N4CCNC(=O)C4CCO)cccc23)cc1. The van der Waals surface area contributed by atoms with Crippen LogP contribution in [0.4, 0.5) is 0 Å². The van der Waals surface area contributed by atoms with Crippen molar-refractivity contribution in [3.63, 3.8) is 0 Å². The minimum absolute atomic E-state index is 0.143. The van der Waals surface area contributed by atoms with E-state index in [1.165, 1.54) is 18.4 Å². The third-order valence-electron chi connectivity index (χ3n) is 6.23. The van der Waals surface area contributed by atoms with Gasteiger partial charge in [-0.2, -0.15) is 0 Å². The van der Waals surface area contributed by atoms with Gasteiger partial charge in [-0.25, -0.2) is 0 Å². The first-order chi connectivity index (χ1) is 15.6. The van der Waals surface area contributed by atoms with Crippen molar-refractivity contribution in [1.29, 1.82) is 0 Å². The van der Waals surface area contributed by atoms with Crippen molar-refractivity contribution in [3.8, 4) is 11.1 Å². The van der Waals surface area contributed by atoms with Gasteiger partial charge >= 0.3 is 0 Å². The molecule has 1 atom stereocenters. The zero-order valence-electron chi connectivity index (χ0n) is 18.5. The smallest absolute Gasteiger partial charge is 0.255 e. The molecule has 5 heteroatoms. The highest BCUT2D eigenvalue weighted by Gasteiger charge is 2.33. The molecule has 5 nitrogen and oxygen atoms in total. The van der Waals surface area contributed by atoms with Gasteiger partial charge < -0.3 is 15.3 Å². The van der Waals surface area contributed by atoms with Crippen LogP contribution in [0.3, 0.4) is 0 Å². The van der Waals surface area contributed by atoms with Crippen LogP contribution in [0.5, 0.6) is 0 Å². The first-order valence-electron chi connectivity index (χ1n) is 11.4. The van der Waals surface area contributed by atoms with Gasteiger partial charge in [0, 0.05) is 25.3 Å². The number of rotatable bonds is 7. The Hall–Kier alpha value is -3.18. The van der Waals surface area contributed by atoms with Crippen molar-refractivity contribution in [2.75, 3.05) is 19.7 Å². The molecule has 0 aliphatic carbocycles. The topological polar surface area (TPSA) is 69.6 Å². The number of aliphatic hydroxyl groups is 1. The van der Waals surface area contributed by atoms with Crippen LogP contribution >= 0.6 is 0 Å². The van der Waals surface area contributed by atoms with Crippen LogP contribution in [0.1, 0.15) is 42.1 Å². The average Bonchev–Trinajstić information content (AvgIpc) is 2.83. The first kappa shape index (κ1) is 22.0. The molecule has 3 aromatic rings. The van der Waals surface area contributed by atoms with Crippen molar-refractivity contribution in [2.24, 2.45) is 0 Å². The van der Waals surface area contributed by atoms with Crippen LogP contribution in [-0.2, 0) is 11.2 Å². The zero-order valence-corrected chi connectivity index (χ0v) is 18.5. The van der Waals surface area contributed by atoms with Gasteiger partial charge in [0.2, 0.25) is 5.91 Å². The summed E-state index contributed by atoms with van der Waals surface area (Å²) in [7, 11) is 0. The summed E-state index contributed by atoms with van der Waals surface area (Å²) in [4.78, 5) is 27.4. The maximum atomic E-state index is 13.5. The van der Waals surface area contributed by atoms with E-state index < -0.39 is 6.04 Å². The molecule has 2 N–H and O–H groups in total. The second-order valence-electron chi connectivity index (χ2n) is 8.32. The van der Waals surface area contributed by atoms with E-state index in [0.29, 0.717) is 18.7 Å². The van der Waals surface area contributed by atoms with Crippen LogP contribution < -0.4 is 5.32 Å². The summed E-state index contributed by atoms with van der Waals surface area (Å²) in [5, 5.41) is 14.1. The van der Waals surface area contributed by atoms with Gasteiger partial charge in [0.1, 0.15) is 6.04 Å². The highest BCUT2D eigenvalue weighted by Crippen LogP contribution is 2.31. The van der Waals surface area contributed by atoms with Crippen LogP contribution in [0, 0.1) is 0 Å². The van der Waals surface area contributed by atoms with Crippen LogP contribution in [0.25, 0.3) is 21.9 Å². The zero-order chi connectivity index (χ0) is 22.5. The third kappa shape index (κ3) is 4.39. The van der Waals surface area contributed by atoms with E-state index >= 15 is 0 Å². The van der Waals surface area contributed by atoms with Crippen LogP contribution in [-0.4, -0.2) is 47.6 Å². The van der Waals surface area contributed by atoms with Crippen molar-refractivity contribution in [2.45, 2.75) is 38.6 Å². The van der Waals surface area contributed by atoms with Crippen molar-refractivity contribution < 1.29 is 14.7 Å². The molecule has 32 heavy (non-hydrogen) atoms. The van der Waals surface area contributed by atoms with Gasteiger partial charge in [-0.05, 0) is 52.8 Å². The lowest BCUT2D eigenvalue weighted by atomic mass is 9.94. The van der Waals surface area contributed by atoms with Crippen molar-refractivity contribution in [3.05, 3.63) is 71.8 Å². The normalized spacial score (nSPS) is 16.2. The summed E-state index contributed by atoms with van der Waals surface area (Å²) in [6.45, 7) is 2.92. The Bertz CT molecular complexity index is 1110. The van der Waals surface area contributed by atoms with Gasteiger partial charge in [0.05, 0.1) is 0 Å². The fourth-order valence-electron chi connectivity index (χ4n) is 4.50. The molecule has 0 saturated carbocycles. The lowest BCUT2D eigenvalue weighted by molar-refractivity contribution is -0.128. The summed E-state index contributed by atoms with van der Waals surface area (Å²) in [6, 6.07) is 19.8. The Kier molecular flexibility index (Phi) is 6.86. The Morgan fingerprint density at radius 2 is 1.81 bits per heavy atom. The summed E-state index contributed by atoms with van der Waals surface area (Å²) in [6.07, 6.45) is 3.69. The number of hydrogen-bond donors (Lipinski definition) is 2. The molecule has 166 valence electrons. The Balaban J connectivity index is 1.70. The molecule has 1 heterocycles. The fourth-order valence-corrected chi connectivity index (χ4v) is 4.50. The maximum Gasteiger partial charge on any atom is 0.255 e. The van der Waals surface area contributed by atoms with Gasteiger partial charge in [0.15, 0.2) is 0 Å². The standard InChI is InChI=1S/C27H30N2O3/c1-2-3-6-19-11-13-20(14-12-19)21-7-4-9-23-22(21)8-5-10-24(23)27(32)29-17-16-28-26(31)25(29)15-18-30/h4-5,7-14,25,30H,2-3,6,15-18H2,1H3,(H,28,31). The molecule has 1 unspecified atom stereocenters. The van der Waals surface area contributed by atoms with Crippen molar-refractivity contribution >= 4 is 22.6 Å². The van der Waals surface area contributed by atoms with Gasteiger partial charge in [0.25, 0.3) is 5.91 Å². The minimum atomic E-state index is -0.643. The Morgan fingerprint density at radius 1 is 1.06 bits per heavy atom. The number of aryl methyl sites for hydroxylation is 1. The number of aliphatic hydroxyl groups excluding tert-OH is 1. The average molecular weight is 431 g/mol. The molecule has 1 aliphatic heterocycles. The van der Waals surface area contributed by atoms with Crippen LogP contribution in [0.15, 0.2) is 60.7 Å². The second kappa shape index (κ2) is 9.96. The molecule has 0 radical (unpaired) electrons. The quantitative estimate of drug-likeness (QED) is 0.591.